The number of amides is 1. The minimum atomic E-state index is -0.165. The maximum absolute atomic E-state index is 12.2. The number of fused-ring (bicyclic) bond motifs is 1. The van der Waals surface area contributed by atoms with E-state index in [1.54, 1.807) is 31.2 Å². The van der Waals surface area contributed by atoms with Crippen LogP contribution in [0.5, 0.6) is 5.75 Å². The zero-order chi connectivity index (χ0) is 15.7. The number of carbonyl (C=O) groups excluding carboxylic acids is 1. The van der Waals surface area contributed by atoms with E-state index >= 15 is 0 Å². The van der Waals surface area contributed by atoms with Gasteiger partial charge in [0.2, 0.25) is 5.91 Å². The van der Waals surface area contributed by atoms with E-state index < -0.39 is 0 Å². The van der Waals surface area contributed by atoms with E-state index in [0.29, 0.717) is 17.2 Å². The minimum Gasteiger partial charge on any atom is -0.497 e. The number of ether oxygens (including phenoxy) is 1. The number of nitrogens with one attached hydrogen (secondary N) is 1. The fraction of sp³-hybridized carbons (Fsp3) is 0.267. The lowest BCUT2D eigenvalue weighted by atomic mass is 10.1. The average molecular weight is 300 g/mol. The molecule has 0 unspecified atom stereocenters. The van der Waals surface area contributed by atoms with Crippen molar-refractivity contribution in [1.82, 2.24) is 15.0 Å². The molecule has 1 aromatic carbocycles. The van der Waals surface area contributed by atoms with Crippen LogP contribution in [-0.2, 0) is 18.3 Å². The molecule has 1 amide bonds. The maximum atomic E-state index is 12.2. The lowest BCUT2D eigenvalue weighted by Gasteiger charge is -2.02. The van der Waals surface area contributed by atoms with Gasteiger partial charge in [-0.3, -0.25) is 9.48 Å². The van der Waals surface area contributed by atoms with Crippen molar-refractivity contribution in [3.63, 3.8) is 0 Å². The van der Waals surface area contributed by atoms with Gasteiger partial charge in [-0.25, -0.2) is 0 Å². The molecule has 0 fully saturated rings. The van der Waals surface area contributed by atoms with E-state index in [-0.39, 0.29) is 12.3 Å². The van der Waals surface area contributed by atoms with Crippen LogP contribution in [0.25, 0.3) is 11.0 Å². The number of nitrogens with zero attached hydrogens (tertiary/aromatic N) is 3. The predicted octanol–water partition coefficient (Wildman–Crippen LogP) is 2.06. The molecule has 2 heterocycles. The van der Waals surface area contributed by atoms with Crippen LogP contribution >= 0.6 is 0 Å². The summed E-state index contributed by atoms with van der Waals surface area (Å²) in [5.41, 5.74) is 2.31. The Balaban J connectivity index is 1.78. The topological polar surface area (TPSA) is 82.2 Å². The summed E-state index contributed by atoms with van der Waals surface area (Å²) in [5, 5.41) is 11.4. The Morgan fingerprint density at radius 1 is 1.45 bits per heavy atom. The van der Waals surface area contributed by atoms with Gasteiger partial charge < -0.3 is 14.5 Å². The normalized spacial score (nSPS) is 10.9. The predicted molar refractivity (Wildman–Crippen MR) is 80.8 cm³/mol. The Kier molecular flexibility index (Phi) is 3.54. The summed E-state index contributed by atoms with van der Waals surface area (Å²) >= 11 is 0. The zero-order valence-electron chi connectivity index (χ0n) is 12.6. The molecular weight excluding hydrogens is 284 g/mol. The summed E-state index contributed by atoms with van der Waals surface area (Å²) < 4.78 is 12.2. The van der Waals surface area contributed by atoms with Crippen molar-refractivity contribution >= 4 is 22.7 Å². The Morgan fingerprint density at radius 2 is 2.27 bits per heavy atom. The largest absolute Gasteiger partial charge is 0.497 e. The number of hydrogen-bond acceptors (Lipinski definition) is 5. The molecule has 7 nitrogen and oxygen atoms in total. The first kappa shape index (κ1) is 14.1. The lowest BCUT2D eigenvalue weighted by Crippen LogP contribution is -2.15. The molecule has 0 atom stereocenters. The molecule has 0 radical (unpaired) electrons. The highest BCUT2D eigenvalue weighted by atomic mass is 16.5. The highest BCUT2D eigenvalue weighted by Crippen LogP contribution is 2.26. The third kappa shape index (κ3) is 2.52. The molecule has 0 bridgehead atoms. The maximum Gasteiger partial charge on any atom is 0.230 e. The number of anilines is 1. The van der Waals surface area contributed by atoms with Gasteiger partial charge in [-0.15, -0.1) is 5.10 Å². The van der Waals surface area contributed by atoms with Gasteiger partial charge in [0.05, 0.1) is 25.5 Å². The van der Waals surface area contributed by atoms with Crippen LogP contribution in [0.3, 0.4) is 0 Å². The zero-order valence-corrected chi connectivity index (χ0v) is 12.6. The fourth-order valence-corrected chi connectivity index (χ4v) is 2.20. The summed E-state index contributed by atoms with van der Waals surface area (Å²) in [4.78, 5) is 12.2. The molecule has 0 aliphatic heterocycles. The fourth-order valence-electron chi connectivity index (χ4n) is 2.20. The summed E-state index contributed by atoms with van der Waals surface area (Å²) in [5.74, 6) is 1.03. The smallest absolute Gasteiger partial charge is 0.230 e. The van der Waals surface area contributed by atoms with Crippen LogP contribution in [0.1, 0.15) is 11.3 Å². The second-order valence-electron chi connectivity index (χ2n) is 5.00. The summed E-state index contributed by atoms with van der Waals surface area (Å²) in [7, 11) is 3.37. The Labute approximate surface area is 126 Å². The van der Waals surface area contributed by atoms with Crippen molar-refractivity contribution in [2.45, 2.75) is 13.3 Å². The Morgan fingerprint density at radius 3 is 2.95 bits per heavy atom. The van der Waals surface area contributed by atoms with Crippen molar-refractivity contribution in [1.29, 1.82) is 0 Å². The molecule has 0 saturated carbocycles. The van der Waals surface area contributed by atoms with Crippen LogP contribution < -0.4 is 10.1 Å². The quantitative estimate of drug-likeness (QED) is 0.797. The molecule has 0 aliphatic carbocycles. The third-order valence-electron chi connectivity index (χ3n) is 3.58. The van der Waals surface area contributed by atoms with Gasteiger partial charge in [0.1, 0.15) is 11.3 Å². The highest BCUT2D eigenvalue weighted by molar-refractivity contribution is 5.95. The molecule has 22 heavy (non-hydrogen) atoms. The highest BCUT2D eigenvalue weighted by Gasteiger charge is 2.14. The van der Waals surface area contributed by atoms with Gasteiger partial charge in [0.25, 0.3) is 0 Å². The number of benzene rings is 1. The molecular formula is C15H16N4O3. The van der Waals surface area contributed by atoms with E-state index in [2.05, 4.69) is 15.6 Å². The van der Waals surface area contributed by atoms with E-state index in [4.69, 9.17) is 9.15 Å². The first-order valence-corrected chi connectivity index (χ1v) is 6.78. The summed E-state index contributed by atoms with van der Waals surface area (Å²) in [6.07, 6.45) is 1.79. The average Bonchev–Trinajstić information content (AvgIpc) is 3.05. The standard InChI is InChI=1S/C15H16N4O3/c1-9-15(17-18-19(9)2)16-14(20)6-10-8-22-13-7-11(21-3)4-5-12(10)13/h4-5,7-8H,6H2,1-3H3,(H,16,20). The molecule has 1 N–H and O–H groups in total. The second-order valence-corrected chi connectivity index (χ2v) is 5.00. The van der Waals surface area contributed by atoms with E-state index in [1.807, 2.05) is 19.1 Å². The number of aromatic nitrogens is 3. The molecule has 7 heteroatoms. The van der Waals surface area contributed by atoms with E-state index in [9.17, 15) is 4.79 Å². The molecule has 0 saturated heterocycles. The van der Waals surface area contributed by atoms with Crippen LogP contribution in [-0.4, -0.2) is 28.0 Å². The number of rotatable bonds is 4. The van der Waals surface area contributed by atoms with Gasteiger partial charge in [-0.2, -0.15) is 0 Å². The second kappa shape index (κ2) is 5.51. The number of hydrogen-bond donors (Lipinski definition) is 1. The minimum absolute atomic E-state index is 0.165. The molecule has 0 aliphatic rings. The van der Waals surface area contributed by atoms with Crippen molar-refractivity contribution in [3.05, 3.63) is 35.7 Å². The van der Waals surface area contributed by atoms with Gasteiger partial charge >= 0.3 is 0 Å². The van der Waals surface area contributed by atoms with Gasteiger partial charge in [-0.1, -0.05) is 5.21 Å². The van der Waals surface area contributed by atoms with Crippen LogP contribution in [0.4, 0.5) is 5.82 Å². The summed E-state index contributed by atoms with van der Waals surface area (Å²) in [6, 6.07) is 5.52. The van der Waals surface area contributed by atoms with Gasteiger partial charge in [0, 0.05) is 24.1 Å². The Bertz CT molecular complexity index is 835. The molecule has 3 rings (SSSR count). The monoisotopic (exact) mass is 300 g/mol. The van der Waals surface area contributed by atoms with Gasteiger partial charge in [0.15, 0.2) is 5.82 Å². The van der Waals surface area contributed by atoms with Gasteiger partial charge in [-0.05, 0) is 19.1 Å². The van der Waals surface area contributed by atoms with Crippen LogP contribution in [0, 0.1) is 6.92 Å². The number of methoxy groups -OCH3 is 1. The van der Waals surface area contributed by atoms with Crippen molar-refractivity contribution in [3.8, 4) is 5.75 Å². The SMILES string of the molecule is COc1ccc2c(CC(=O)Nc3nnn(C)c3C)coc2c1. The van der Waals surface area contributed by atoms with E-state index in [1.165, 1.54) is 0 Å². The third-order valence-corrected chi connectivity index (χ3v) is 3.58. The number of furan rings is 1. The Hall–Kier alpha value is -2.83. The van der Waals surface area contributed by atoms with Crippen molar-refractivity contribution in [2.24, 2.45) is 7.05 Å². The molecule has 3 aromatic rings. The first-order chi connectivity index (χ1) is 10.6. The molecule has 0 spiro atoms. The van der Waals surface area contributed by atoms with Crippen LogP contribution in [0.2, 0.25) is 0 Å². The molecule has 2 aromatic heterocycles. The summed E-state index contributed by atoms with van der Waals surface area (Å²) in [6.45, 7) is 1.84. The van der Waals surface area contributed by atoms with Crippen LogP contribution in [0.15, 0.2) is 28.9 Å². The first-order valence-electron chi connectivity index (χ1n) is 6.78. The number of carbonyl (C=O) groups is 1. The van der Waals surface area contributed by atoms with Crippen molar-refractivity contribution in [2.75, 3.05) is 12.4 Å². The number of aryl methyl sites for hydroxylation is 1. The lowest BCUT2D eigenvalue weighted by molar-refractivity contribution is -0.115. The molecule has 114 valence electrons. The van der Waals surface area contributed by atoms with Crippen molar-refractivity contribution < 1.29 is 13.9 Å². The van der Waals surface area contributed by atoms with E-state index in [0.717, 1.165) is 16.6 Å².